The topological polar surface area (TPSA) is 17.1 Å². The fourth-order valence-electron chi connectivity index (χ4n) is 1.86. The standard InChI is InChI=1S/C14H19ClO/c1-4-11(5-2)9-14(16)12-7-6-8-13(15)10(12)3/h6-8,11H,4-5,9H2,1-3H3. The summed E-state index contributed by atoms with van der Waals surface area (Å²) in [6.07, 6.45) is 2.75. The maximum atomic E-state index is 12.1. The molecule has 1 aromatic carbocycles. The Labute approximate surface area is 103 Å². The van der Waals surface area contributed by atoms with Crippen molar-refractivity contribution in [2.45, 2.75) is 40.0 Å². The van der Waals surface area contributed by atoms with Gasteiger partial charge in [-0.2, -0.15) is 0 Å². The van der Waals surface area contributed by atoms with Crippen LogP contribution < -0.4 is 0 Å². The molecule has 2 heteroatoms. The van der Waals surface area contributed by atoms with Crippen LogP contribution >= 0.6 is 11.6 Å². The molecule has 0 aliphatic rings. The summed E-state index contributed by atoms with van der Waals surface area (Å²) in [6.45, 7) is 6.17. The van der Waals surface area contributed by atoms with Crippen LogP contribution in [0, 0.1) is 12.8 Å². The number of benzene rings is 1. The van der Waals surface area contributed by atoms with Crippen LogP contribution in [0.1, 0.15) is 49.0 Å². The summed E-state index contributed by atoms with van der Waals surface area (Å²) in [7, 11) is 0. The first-order valence-electron chi connectivity index (χ1n) is 5.88. The molecule has 0 spiro atoms. The molecule has 16 heavy (non-hydrogen) atoms. The van der Waals surface area contributed by atoms with Crippen molar-refractivity contribution in [2.24, 2.45) is 5.92 Å². The van der Waals surface area contributed by atoms with Crippen LogP contribution in [0.25, 0.3) is 0 Å². The highest BCUT2D eigenvalue weighted by Crippen LogP contribution is 2.22. The van der Waals surface area contributed by atoms with E-state index in [1.54, 1.807) is 0 Å². The number of hydrogen-bond acceptors (Lipinski definition) is 1. The molecule has 0 aromatic heterocycles. The van der Waals surface area contributed by atoms with Gasteiger partial charge < -0.3 is 0 Å². The Balaban J connectivity index is 2.84. The molecule has 0 radical (unpaired) electrons. The fourth-order valence-corrected chi connectivity index (χ4v) is 2.03. The van der Waals surface area contributed by atoms with Crippen LogP contribution in [0.15, 0.2) is 18.2 Å². The first kappa shape index (κ1) is 13.2. The molecule has 0 heterocycles. The Morgan fingerprint density at radius 1 is 1.31 bits per heavy atom. The van der Waals surface area contributed by atoms with Gasteiger partial charge in [0.05, 0.1) is 0 Å². The van der Waals surface area contributed by atoms with Crippen LogP contribution in [0.5, 0.6) is 0 Å². The highest BCUT2D eigenvalue weighted by Gasteiger charge is 2.14. The Kier molecular flexibility index (Phi) is 5.01. The third kappa shape index (κ3) is 3.08. The van der Waals surface area contributed by atoms with Gasteiger partial charge in [0.25, 0.3) is 0 Å². The minimum absolute atomic E-state index is 0.216. The second kappa shape index (κ2) is 6.05. The zero-order valence-electron chi connectivity index (χ0n) is 10.2. The van der Waals surface area contributed by atoms with Crippen LogP contribution in [0.2, 0.25) is 5.02 Å². The van der Waals surface area contributed by atoms with Gasteiger partial charge in [-0.3, -0.25) is 4.79 Å². The van der Waals surface area contributed by atoms with Gasteiger partial charge in [-0.05, 0) is 24.5 Å². The molecule has 1 rings (SSSR count). The van der Waals surface area contributed by atoms with Gasteiger partial charge in [0.2, 0.25) is 0 Å². The van der Waals surface area contributed by atoms with Crippen molar-refractivity contribution in [1.29, 1.82) is 0 Å². The van der Waals surface area contributed by atoms with Crippen molar-refractivity contribution in [3.05, 3.63) is 34.3 Å². The maximum Gasteiger partial charge on any atom is 0.163 e. The number of Topliss-reactive ketones (excluding diaryl/α,β-unsaturated/α-hetero) is 1. The van der Waals surface area contributed by atoms with Gasteiger partial charge in [-0.25, -0.2) is 0 Å². The van der Waals surface area contributed by atoms with Crippen LogP contribution in [-0.2, 0) is 0 Å². The van der Waals surface area contributed by atoms with Crippen molar-refractivity contribution in [3.8, 4) is 0 Å². The molecule has 0 fully saturated rings. The van der Waals surface area contributed by atoms with Gasteiger partial charge in [0.15, 0.2) is 5.78 Å². The summed E-state index contributed by atoms with van der Waals surface area (Å²) in [5.74, 6) is 0.708. The third-order valence-corrected chi connectivity index (χ3v) is 3.61. The predicted molar refractivity (Wildman–Crippen MR) is 69.2 cm³/mol. The number of ketones is 1. The Morgan fingerprint density at radius 3 is 2.50 bits per heavy atom. The third-order valence-electron chi connectivity index (χ3n) is 3.20. The van der Waals surface area contributed by atoms with Gasteiger partial charge in [0, 0.05) is 17.0 Å². The lowest BCUT2D eigenvalue weighted by molar-refractivity contribution is 0.0958. The normalized spacial score (nSPS) is 10.8. The van der Waals surface area contributed by atoms with E-state index < -0.39 is 0 Å². The summed E-state index contributed by atoms with van der Waals surface area (Å²) in [4.78, 5) is 12.1. The number of halogens is 1. The molecule has 0 aliphatic carbocycles. The molecule has 0 saturated heterocycles. The number of rotatable bonds is 5. The van der Waals surface area contributed by atoms with Gasteiger partial charge >= 0.3 is 0 Å². The van der Waals surface area contributed by atoms with Crippen LogP contribution in [-0.4, -0.2) is 5.78 Å². The number of hydrogen-bond donors (Lipinski definition) is 0. The number of carbonyl (C=O) groups is 1. The average Bonchev–Trinajstić information content (AvgIpc) is 2.29. The summed E-state index contributed by atoms with van der Waals surface area (Å²) in [5.41, 5.74) is 1.68. The molecular formula is C14H19ClO. The maximum absolute atomic E-state index is 12.1. The molecule has 0 unspecified atom stereocenters. The minimum atomic E-state index is 0.216. The second-order valence-corrected chi connectivity index (χ2v) is 4.63. The molecule has 0 atom stereocenters. The van der Waals surface area contributed by atoms with E-state index in [-0.39, 0.29) is 5.78 Å². The molecule has 0 N–H and O–H groups in total. The lowest BCUT2D eigenvalue weighted by atomic mass is 9.92. The van der Waals surface area contributed by atoms with Crippen molar-refractivity contribution >= 4 is 17.4 Å². The lowest BCUT2D eigenvalue weighted by Gasteiger charge is -2.12. The van der Waals surface area contributed by atoms with E-state index in [1.165, 1.54) is 0 Å². The summed E-state index contributed by atoms with van der Waals surface area (Å²) in [6, 6.07) is 5.53. The van der Waals surface area contributed by atoms with Gasteiger partial charge in [-0.15, -0.1) is 0 Å². The molecular weight excluding hydrogens is 220 g/mol. The van der Waals surface area contributed by atoms with E-state index in [9.17, 15) is 4.79 Å². The largest absolute Gasteiger partial charge is 0.294 e. The van der Waals surface area contributed by atoms with E-state index in [1.807, 2.05) is 25.1 Å². The zero-order valence-corrected chi connectivity index (χ0v) is 11.0. The van der Waals surface area contributed by atoms with Crippen molar-refractivity contribution < 1.29 is 4.79 Å². The van der Waals surface area contributed by atoms with Crippen molar-refractivity contribution in [1.82, 2.24) is 0 Å². The monoisotopic (exact) mass is 238 g/mol. The molecule has 1 aromatic rings. The fraction of sp³-hybridized carbons (Fsp3) is 0.500. The van der Waals surface area contributed by atoms with E-state index >= 15 is 0 Å². The SMILES string of the molecule is CCC(CC)CC(=O)c1cccc(Cl)c1C. The van der Waals surface area contributed by atoms with Gasteiger partial charge in [0.1, 0.15) is 0 Å². The molecule has 0 bridgehead atoms. The summed E-state index contributed by atoms with van der Waals surface area (Å²) in [5, 5.41) is 0.676. The summed E-state index contributed by atoms with van der Waals surface area (Å²) >= 11 is 6.01. The first-order valence-corrected chi connectivity index (χ1v) is 6.26. The predicted octanol–water partition coefficient (Wildman–Crippen LogP) is 4.66. The number of carbonyl (C=O) groups excluding carboxylic acids is 1. The van der Waals surface area contributed by atoms with Crippen LogP contribution in [0.3, 0.4) is 0 Å². The Hall–Kier alpha value is -0.820. The first-order chi connectivity index (χ1) is 7.60. The zero-order chi connectivity index (χ0) is 12.1. The Morgan fingerprint density at radius 2 is 1.94 bits per heavy atom. The smallest absolute Gasteiger partial charge is 0.163 e. The molecule has 0 amide bonds. The molecule has 1 nitrogen and oxygen atoms in total. The average molecular weight is 239 g/mol. The molecule has 88 valence electrons. The highest BCUT2D eigenvalue weighted by atomic mass is 35.5. The Bertz CT molecular complexity index is 367. The second-order valence-electron chi connectivity index (χ2n) is 4.22. The van der Waals surface area contributed by atoms with Gasteiger partial charge in [-0.1, -0.05) is 50.4 Å². The molecule has 0 saturated carbocycles. The van der Waals surface area contributed by atoms with E-state index in [4.69, 9.17) is 11.6 Å². The van der Waals surface area contributed by atoms with E-state index in [0.29, 0.717) is 17.4 Å². The van der Waals surface area contributed by atoms with Crippen molar-refractivity contribution in [2.75, 3.05) is 0 Å². The molecule has 0 aliphatic heterocycles. The van der Waals surface area contributed by atoms with Crippen molar-refractivity contribution in [3.63, 3.8) is 0 Å². The minimum Gasteiger partial charge on any atom is -0.294 e. The highest BCUT2D eigenvalue weighted by molar-refractivity contribution is 6.31. The quantitative estimate of drug-likeness (QED) is 0.682. The lowest BCUT2D eigenvalue weighted by Crippen LogP contribution is -2.09. The van der Waals surface area contributed by atoms with E-state index in [2.05, 4.69) is 13.8 Å². The summed E-state index contributed by atoms with van der Waals surface area (Å²) < 4.78 is 0. The van der Waals surface area contributed by atoms with E-state index in [0.717, 1.165) is 24.0 Å². The van der Waals surface area contributed by atoms with Crippen LogP contribution in [0.4, 0.5) is 0 Å².